The summed E-state index contributed by atoms with van der Waals surface area (Å²) in [7, 11) is 0. The Balaban J connectivity index is 1.65. The molecule has 0 spiro atoms. The molecule has 2 heterocycles. The highest BCUT2D eigenvalue weighted by molar-refractivity contribution is 6.01. The Bertz CT molecular complexity index is 1000. The van der Waals surface area contributed by atoms with E-state index in [4.69, 9.17) is 4.98 Å². The van der Waals surface area contributed by atoms with Gasteiger partial charge in [0.25, 0.3) is 0 Å². The lowest BCUT2D eigenvalue weighted by Crippen LogP contribution is -2.30. The zero-order valence-electron chi connectivity index (χ0n) is 18.5. The number of aryl methyl sites for hydroxylation is 5. The van der Waals surface area contributed by atoms with E-state index in [0.29, 0.717) is 6.04 Å². The van der Waals surface area contributed by atoms with Crippen molar-refractivity contribution < 1.29 is 0 Å². The van der Waals surface area contributed by atoms with Crippen molar-refractivity contribution in [2.45, 2.75) is 66.3 Å². The van der Waals surface area contributed by atoms with E-state index in [1.54, 1.807) is 0 Å². The third-order valence-corrected chi connectivity index (χ3v) is 6.23. The number of aromatic amines is 1. The number of nitrogens with zero attached hydrogens (tertiary/aromatic N) is 1. The summed E-state index contributed by atoms with van der Waals surface area (Å²) in [6, 6.07) is 7.41. The Labute approximate surface area is 174 Å². The molecule has 1 saturated carbocycles. The summed E-state index contributed by atoms with van der Waals surface area (Å²) in [6.07, 6.45) is 5.40. The molecule has 3 aromatic rings. The fourth-order valence-corrected chi connectivity index (χ4v) is 5.03. The molecule has 0 saturated heterocycles. The summed E-state index contributed by atoms with van der Waals surface area (Å²) in [4.78, 5) is 8.57. The molecule has 0 atom stereocenters. The Morgan fingerprint density at radius 1 is 0.931 bits per heavy atom. The number of hydrogen-bond donors (Lipinski definition) is 3. The van der Waals surface area contributed by atoms with Crippen LogP contribution in [0, 0.1) is 34.6 Å². The fourth-order valence-electron chi connectivity index (χ4n) is 5.03. The molecule has 1 aliphatic rings. The van der Waals surface area contributed by atoms with Crippen LogP contribution >= 0.6 is 0 Å². The van der Waals surface area contributed by atoms with Crippen molar-refractivity contribution in [1.29, 1.82) is 0 Å². The molecule has 4 rings (SSSR count). The van der Waals surface area contributed by atoms with Crippen molar-refractivity contribution in [3.8, 4) is 11.1 Å². The summed E-state index contributed by atoms with van der Waals surface area (Å²) < 4.78 is 0. The van der Waals surface area contributed by atoms with Gasteiger partial charge in [0.15, 0.2) is 0 Å². The van der Waals surface area contributed by atoms with Crippen LogP contribution in [0.2, 0.25) is 0 Å². The lowest BCUT2D eigenvalue weighted by atomic mass is 9.93. The van der Waals surface area contributed by atoms with Crippen molar-refractivity contribution in [2.24, 2.45) is 0 Å². The van der Waals surface area contributed by atoms with Crippen LogP contribution in [0.15, 0.2) is 18.2 Å². The van der Waals surface area contributed by atoms with E-state index in [1.165, 1.54) is 59.2 Å². The number of pyridine rings is 1. The lowest BCUT2D eigenvalue weighted by molar-refractivity contribution is 0.536. The number of aromatic nitrogens is 2. The average molecular weight is 391 g/mol. The van der Waals surface area contributed by atoms with Gasteiger partial charge in [-0.25, -0.2) is 0 Å². The Hall–Kier alpha value is -2.33. The molecule has 4 nitrogen and oxygen atoms in total. The number of benzene rings is 1. The molecular weight excluding hydrogens is 356 g/mol. The second-order valence-corrected chi connectivity index (χ2v) is 8.80. The first-order chi connectivity index (χ1) is 13.9. The van der Waals surface area contributed by atoms with Crippen molar-refractivity contribution >= 4 is 16.7 Å². The standard InChI is InChI=1S/C25H34N4/c1-15-12-16(2)22(17(3)13-15)23-19(5)29-24-21(14-18(4)28-25(23)24)27-11-10-26-20-8-6-7-9-20/h12-14,20,26,29H,6-11H2,1-5H3,(H,27,28). The molecule has 4 heteroatoms. The summed E-state index contributed by atoms with van der Waals surface area (Å²) in [5, 5.41) is 7.34. The number of fused-ring (bicyclic) bond motifs is 1. The van der Waals surface area contributed by atoms with Gasteiger partial charge in [-0.2, -0.15) is 0 Å². The molecule has 154 valence electrons. The number of nitrogens with one attached hydrogen (secondary N) is 3. The van der Waals surface area contributed by atoms with E-state index >= 15 is 0 Å². The maximum absolute atomic E-state index is 4.94. The van der Waals surface area contributed by atoms with Gasteiger partial charge in [0.1, 0.15) is 0 Å². The predicted molar refractivity (Wildman–Crippen MR) is 124 cm³/mol. The van der Waals surface area contributed by atoms with Gasteiger partial charge in [0.05, 0.1) is 16.7 Å². The van der Waals surface area contributed by atoms with E-state index in [-0.39, 0.29) is 0 Å². The first kappa shape index (κ1) is 20.0. The Morgan fingerprint density at radius 3 is 2.31 bits per heavy atom. The highest BCUT2D eigenvalue weighted by atomic mass is 15.0. The van der Waals surface area contributed by atoms with Gasteiger partial charge in [0.2, 0.25) is 0 Å². The highest BCUT2D eigenvalue weighted by Crippen LogP contribution is 2.38. The topological polar surface area (TPSA) is 52.7 Å². The zero-order chi connectivity index (χ0) is 20.5. The van der Waals surface area contributed by atoms with Crippen LogP contribution in [0.4, 0.5) is 5.69 Å². The minimum absolute atomic E-state index is 0.711. The van der Waals surface area contributed by atoms with Gasteiger partial charge < -0.3 is 15.6 Å². The average Bonchev–Trinajstić information content (AvgIpc) is 3.27. The van der Waals surface area contributed by atoms with Crippen molar-refractivity contribution in [1.82, 2.24) is 15.3 Å². The third-order valence-electron chi connectivity index (χ3n) is 6.23. The maximum atomic E-state index is 4.94. The minimum Gasteiger partial charge on any atom is -0.382 e. The second-order valence-electron chi connectivity index (χ2n) is 8.80. The van der Waals surface area contributed by atoms with Gasteiger partial charge in [-0.05, 0) is 70.2 Å². The molecule has 0 unspecified atom stereocenters. The van der Waals surface area contributed by atoms with Crippen molar-refractivity contribution in [3.63, 3.8) is 0 Å². The zero-order valence-corrected chi connectivity index (χ0v) is 18.5. The normalized spacial score (nSPS) is 14.8. The third kappa shape index (κ3) is 4.04. The smallest absolute Gasteiger partial charge is 0.0984 e. The molecule has 0 radical (unpaired) electrons. The van der Waals surface area contributed by atoms with Crippen LogP contribution in [0.3, 0.4) is 0 Å². The van der Waals surface area contributed by atoms with Crippen LogP contribution in [-0.4, -0.2) is 29.1 Å². The first-order valence-electron chi connectivity index (χ1n) is 11.0. The molecular formula is C25H34N4. The predicted octanol–water partition coefficient (Wildman–Crippen LogP) is 5.72. The van der Waals surface area contributed by atoms with E-state index in [1.807, 2.05) is 0 Å². The van der Waals surface area contributed by atoms with Gasteiger partial charge >= 0.3 is 0 Å². The highest BCUT2D eigenvalue weighted by Gasteiger charge is 2.19. The van der Waals surface area contributed by atoms with Gasteiger partial charge in [-0.15, -0.1) is 0 Å². The van der Waals surface area contributed by atoms with Crippen LogP contribution in [0.5, 0.6) is 0 Å². The van der Waals surface area contributed by atoms with Gasteiger partial charge in [-0.3, -0.25) is 4.98 Å². The Morgan fingerprint density at radius 2 is 1.62 bits per heavy atom. The fraction of sp³-hybridized carbons (Fsp3) is 0.480. The number of H-pyrrole nitrogens is 1. The van der Waals surface area contributed by atoms with Crippen LogP contribution < -0.4 is 10.6 Å². The van der Waals surface area contributed by atoms with E-state index in [9.17, 15) is 0 Å². The number of rotatable bonds is 6. The molecule has 3 N–H and O–H groups in total. The SMILES string of the molecule is Cc1cc(C)c(-c2c(C)[nH]c3c(NCCNC4CCCC4)cc(C)nc23)c(C)c1. The largest absolute Gasteiger partial charge is 0.382 e. The van der Waals surface area contributed by atoms with Crippen molar-refractivity contribution in [2.75, 3.05) is 18.4 Å². The summed E-state index contributed by atoms with van der Waals surface area (Å²) in [5.74, 6) is 0. The van der Waals surface area contributed by atoms with Crippen molar-refractivity contribution in [3.05, 3.63) is 46.3 Å². The Kier molecular flexibility index (Phi) is 5.64. The molecule has 2 aromatic heterocycles. The van der Waals surface area contributed by atoms with E-state index in [0.717, 1.165) is 35.5 Å². The lowest BCUT2D eigenvalue weighted by Gasteiger charge is -2.14. The number of hydrogen-bond acceptors (Lipinski definition) is 3. The first-order valence-corrected chi connectivity index (χ1v) is 11.0. The molecule has 29 heavy (non-hydrogen) atoms. The minimum atomic E-state index is 0.711. The quantitative estimate of drug-likeness (QED) is 0.472. The maximum Gasteiger partial charge on any atom is 0.0984 e. The second kappa shape index (κ2) is 8.19. The van der Waals surface area contributed by atoms with Gasteiger partial charge in [-0.1, -0.05) is 30.5 Å². The molecule has 1 aromatic carbocycles. The molecule has 0 bridgehead atoms. The molecule has 0 aliphatic heterocycles. The van der Waals surface area contributed by atoms with E-state index < -0.39 is 0 Å². The van der Waals surface area contributed by atoms with Crippen LogP contribution in [-0.2, 0) is 0 Å². The summed E-state index contributed by atoms with van der Waals surface area (Å²) >= 11 is 0. The summed E-state index contributed by atoms with van der Waals surface area (Å²) in [6.45, 7) is 12.7. The molecule has 1 aliphatic carbocycles. The summed E-state index contributed by atoms with van der Waals surface area (Å²) in [5.41, 5.74) is 12.0. The number of anilines is 1. The molecule has 0 amide bonds. The van der Waals surface area contributed by atoms with Gasteiger partial charge in [0, 0.05) is 36.1 Å². The molecule has 1 fully saturated rings. The van der Waals surface area contributed by atoms with Crippen LogP contribution in [0.25, 0.3) is 22.2 Å². The van der Waals surface area contributed by atoms with Crippen LogP contribution in [0.1, 0.15) is 53.8 Å². The van der Waals surface area contributed by atoms with E-state index in [2.05, 4.69) is 68.4 Å². The monoisotopic (exact) mass is 390 g/mol.